The minimum Gasteiger partial charge on any atom is -0.369 e. The molecule has 3 rings (SSSR count). The lowest BCUT2D eigenvalue weighted by Crippen LogP contribution is -2.35. The molecule has 1 fully saturated rings. The lowest BCUT2D eigenvalue weighted by molar-refractivity contribution is -0.137. The number of para-hydroxylation sites is 1. The molecule has 1 heterocycles. The molecule has 1 aliphatic rings. The van der Waals surface area contributed by atoms with Crippen molar-refractivity contribution in [2.24, 2.45) is 5.92 Å². The number of halogens is 3. The summed E-state index contributed by atoms with van der Waals surface area (Å²) < 4.78 is 39.9. The Balaban J connectivity index is 1.61. The van der Waals surface area contributed by atoms with E-state index in [1.807, 2.05) is 25.1 Å². The highest BCUT2D eigenvalue weighted by atomic mass is 19.4. The summed E-state index contributed by atoms with van der Waals surface area (Å²) in [7, 11) is 0. The molecule has 1 aliphatic carbocycles. The van der Waals surface area contributed by atoms with Crippen LogP contribution in [0.1, 0.15) is 36.8 Å². The Hall–Kier alpha value is -2.84. The SMILES string of the molecule is Cc1ccccc1Nc1ncc(C(F)(F)F)c(NCCCNC(=O)C2CCC2)n1. The van der Waals surface area contributed by atoms with Crippen LogP contribution in [0.2, 0.25) is 0 Å². The van der Waals surface area contributed by atoms with Gasteiger partial charge in [-0.2, -0.15) is 18.2 Å². The van der Waals surface area contributed by atoms with Crippen LogP contribution in [0.15, 0.2) is 30.5 Å². The molecule has 1 aromatic heterocycles. The van der Waals surface area contributed by atoms with E-state index in [-0.39, 0.29) is 30.1 Å². The molecule has 0 saturated heterocycles. The van der Waals surface area contributed by atoms with Gasteiger partial charge in [-0.1, -0.05) is 24.6 Å². The zero-order valence-corrected chi connectivity index (χ0v) is 16.1. The molecule has 156 valence electrons. The molecule has 9 heteroatoms. The number of carbonyl (C=O) groups excluding carboxylic acids is 1. The molecule has 0 atom stereocenters. The predicted molar refractivity (Wildman–Crippen MR) is 105 cm³/mol. The number of nitrogens with zero attached hydrogens (tertiary/aromatic N) is 2. The fourth-order valence-electron chi connectivity index (χ4n) is 2.94. The van der Waals surface area contributed by atoms with Gasteiger partial charge in [0.05, 0.1) is 0 Å². The number of benzene rings is 1. The van der Waals surface area contributed by atoms with Gasteiger partial charge < -0.3 is 16.0 Å². The number of anilines is 3. The quantitative estimate of drug-likeness (QED) is 0.570. The highest BCUT2D eigenvalue weighted by Crippen LogP contribution is 2.34. The molecule has 1 aromatic carbocycles. The van der Waals surface area contributed by atoms with Crippen molar-refractivity contribution >= 4 is 23.4 Å². The smallest absolute Gasteiger partial charge is 0.369 e. The van der Waals surface area contributed by atoms with Gasteiger partial charge in [-0.25, -0.2) is 4.98 Å². The van der Waals surface area contributed by atoms with Gasteiger partial charge in [-0.05, 0) is 37.8 Å². The first kappa shape index (κ1) is 20.9. The number of alkyl halides is 3. The van der Waals surface area contributed by atoms with Crippen LogP contribution in [0.25, 0.3) is 0 Å². The molecule has 6 nitrogen and oxygen atoms in total. The second kappa shape index (κ2) is 9.11. The average Bonchev–Trinajstić information content (AvgIpc) is 2.61. The molecular formula is C20H24F3N5O. The van der Waals surface area contributed by atoms with Gasteiger partial charge in [0.2, 0.25) is 11.9 Å². The van der Waals surface area contributed by atoms with E-state index in [4.69, 9.17) is 0 Å². The second-order valence-corrected chi connectivity index (χ2v) is 7.09. The molecule has 0 aliphatic heterocycles. The van der Waals surface area contributed by atoms with Gasteiger partial charge in [0.1, 0.15) is 11.4 Å². The Morgan fingerprint density at radius 3 is 2.62 bits per heavy atom. The van der Waals surface area contributed by atoms with E-state index < -0.39 is 11.7 Å². The van der Waals surface area contributed by atoms with Gasteiger partial charge in [0.25, 0.3) is 0 Å². The summed E-state index contributed by atoms with van der Waals surface area (Å²) in [6.45, 7) is 2.53. The Labute approximate surface area is 167 Å². The fraction of sp³-hybridized carbons (Fsp3) is 0.450. The van der Waals surface area contributed by atoms with Crippen LogP contribution in [0.3, 0.4) is 0 Å². The van der Waals surface area contributed by atoms with E-state index in [9.17, 15) is 18.0 Å². The van der Waals surface area contributed by atoms with Crippen molar-refractivity contribution < 1.29 is 18.0 Å². The number of amides is 1. The number of hydrogen-bond donors (Lipinski definition) is 3. The van der Waals surface area contributed by atoms with Crippen LogP contribution < -0.4 is 16.0 Å². The molecule has 1 saturated carbocycles. The van der Waals surface area contributed by atoms with Crippen LogP contribution in [-0.4, -0.2) is 29.0 Å². The summed E-state index contributed by atoms with van der Waals surface area (Å²) in [5, 5.41) is 8.50. The number of aromatic nitrogens is 2. The van der Waals surface area contributed by atoms with Gasteiger partial charge >= 0.3 is 6.18 Å². The normalized spacial score (nSPS) is 14.2. The van der Waals surface area contributed by atoms with Crippen LogP contribution in [0, 0.1) is 12.8 Å². The lowest BCUT2D eigenvalue weighted by Gasteiger charge is -2.24. The monoisotopic (exact) mass is 407 g/mol. The third kappa shape index (κ3) is 5.58. The summed E-state index contributed by atoms with van der Waals surface area (Å²) in [6, 6.07) is 7.36. The Kier molecular flexibility index (Phi) is 6.56. The Morgan fingerprint density at radius 1 is 1.21 bits per heavy atom. The van der Waals surface area contributed by atoms with Gasteiger partial charge in [-0.15, -0.1) is 0 Å². The molecule has 29 heavy (non-hydrogen) atoms. The average molecular weight is 407 g/mol. The van der Waals surface area contributed by atoms with E-state index >= 15 is 0 Å². The zero-order chi connectivity index (χ0) is 20.9. The van der Waals surface area contributed by atoms with Crippen molar-refractivity contribution in [3.05, 3.63) is 41.6 Å². The molecule has 0 bridgehead atoms. The first-order chi connectivity index (χ1) is 13.8. The van der Waals surface area contributed by atoms with E-state index in [0.29, 0.717) is 13.0 Å². The summed E-state index contributed by atoms with van der Waals surface area (Å²) in [5.41, 5.74) is 0.718. The Bertz CT molecular complexity index is 852. The minimum atomic E-state index is -4.57. The lowest BCUT2D eigenvalue weighted by atomic mass is 9.85. The van der Waals surface area contributed by atoms with Crippen molar-refractivity contribution in [3.8, 4) is 0 Å². The first-order valence-corrected chi connectivity index (χ1v) is 9.63. The maximum absolute atomic E-state index is 13.3. The number of carbonyl (C=O) groups is 1. The van der Waals surface area contributed by atoms with Crippen molar-refractivity contribution in [2.45, 2.75) is 38.8 Å². The van der Waals surface area contributed by atoms with Crippen molar-refractivity contribution in [3.63, 3.8) is 0 Å². The maximum atomic E-state index is 13.3. The number of aryl methyl sites for hydroxylation is 1. The van der Waals surface area contributed by atoms with Gasteiger partial charge in [0, 0.05) is 30.9 Å². The minimum absolute atomic E-state index is 0.0268. The van der Waals surface area contributed by atoms with E-state index in [1.54, 1.807) is 6.07 Å². The van der Waals surface area contributed by atoms with Crippen LogP contribution in [-0.2, 0) is 11.0 Å². The maximum Gasteiger partial charge on any atom is 0.421 e. The molecule has 2 aromatic rings. The van der Waals surface area contributed by atoms with E-state index in [1.165, 1.54) is 0 Å². The number of nitrogens with one attached hydrogen (secondary N) is 3. The highest BCUT2D eigenvalue weighted by Gasteiger charge is 2.35. The molecule has 0 radical (unpaired) electrons. The van der Waals surface area contributed by atoms with E-state index in [0.717, 1.165) is 36.7 Å². The summed E-state index contributed by atoms with van der Waals surface area (Å²) in [5.74, 6) is -0.0855. The Morgan fingerprint density at radius 2 is 1.97 bits per heavy atom. The summed E-state index contributed by atoms with van der Waals surface area (Å²) in [6.07, 6.45) is -0.406. The van der Waals surface area contributed by atoms with Crippen molar-refractivity contribution in [2.75, 3.05) is 23.7 Å². The largest absolute Gasteiger partial charge is 0.421 e. The number of rotatable bonds is 8. The topological polar surface area (TPSA) is 78.9 Å². The van der Waals surface area contributed by atoms with Crippen molar-refractivity contribution in [1.29, 1.82) is 0 Å². The number of hydrogen-bond acceptors (Lipinski definition) is 5. The molecule has 1 amide bonds. The highest BCUT2D eigenvalue weighted by molar-refractivity contribution is 5.79. The standard InChI is InChI=1S/C20H24F3N5O/c1-13-6-2-3-9-16(13)27-19-26-12-15(20(21,22)23)17(28-19)24-10-5-11-25-18(29)14-7-4-8-14/h2-3,6,9,12,14H,4-5,7-8,10-11H2,1H3,(H,25,29)(H2,24,26,27,28). The molecule has 0 spiro atoms. The van der Waals surface area contributed by atoms with Crippen LogP contribution in [0.5, 0.6) is 0 Å². The van der Waals surface area contributed by atoms with Gasteiger partial charge in [0.15, 0.2) is 0 Å². The zero-order valence-electron chi connectivity index (χ0n) is 16.1. The van der Waals surface area contributed by atoms with Gasteiger partial charge in [-0.3, -0.25) is 4.79 Å². The van der Waals surface area contributed by atoms with Crippen LogP contribution >= 0.6 is 0 Å². The predicted octanol–water partition coefficient (Wildman–Crippen LogP) is 4.27. The molecule has 3 N–H and O–H groups in total. The van der Waals surface area contributed by atoms with Crippen LogP contribution in [0.4, 0.5) is 30.6 Å². The fourth-order valence-corrected chi connectivity index (χ4v) is 2.94. The van der Waals surface area contributed by atoms with Crippen molar-refractivity contribution in [1.82, 2.24) is 15.3 Å². The first-order valence-electron chi connectivity index (χ1n) is 9.63. The summed E-state index contributed by atoms with van der Waals surface area (Å²) >= 11 is 0. The third-order valence-corrected chi connectivity index (χ3v) is 4.91. The summed E-state index contributed by atoms with van der Waals surface area (Å²) in [4.78, 5) is 19.6. The second-order valence-electron chi connectivity index (χ2n) is 7.09. The third-order valence-electron chi connectivity index (χ3n) is 4.91. The van der Waals surface area contributed by atoms with E-state index in [2.05, 4.69) is 25.9 Å². The molecule has 0 unspecified atom stereocenters. The molecular weight excluding hydrogens is 383 g/mol.